The number of nitrogen functional groups attached to an aromatic ring is 1. The Morgan fingerprint density at radius 1 is 1.26 bits per heavy atom. The minimum absolute atomic E-state index is 0.286. The molecule has 19 heavy (non-hydrogen) atoms. The summed E-state index contributed by atoms with van der Waals surface area (Å²) in [7, 11) is 0. The van der Waals surface area contributed by atoms with E-state index in [0.717, 1.165) is 17.4 Å². The number of anilines is 1. The summed E-state index contributed by atoms with van der Waals surface area (Å²) in [5, 5.41) is 0. The number of nitrogens with zero attached hydrogens (tertiary/aromatic N) is 2. The molecular weight excluding hydrogens is 309 g/mol. The van der Waals surface area contributed by atoms with E-state index in [9.17, 15) is 4.39 Å². The number of fused-ring (bicyclic) bond motifs is 1. The lowest BCUT2D eigenvalue weighted by Crippen LogP contribution is -2.15. The van der Waals surface area contributed by atoms with Crippen LogP contribution in [0.2, 0.25) is 0 Å². The predicted octanol–water partition coefficient (Wildman–Crippen LogP) is 3.88. The standard InChI is InChI=1S/C14H15BrFN3/c15-9-5-12-11(6-10(9)16)18-14(17)19(12)13(7-1-2-7)8-3-4-8/h5-8,13H,1-4H2,(H2,17,18). The zero-order chi connectivity index (χ0) is 13.1. The molecule has 2 aliphatic rings. The van der Waals surface area contributed by atoms with E-state index in [4.69, 9.17) is 5.73 Å². The van der Waals surface area contributed by atoms with Crippen LogP contribution in [-0.2, 0) is 0 Å². The number of halogens is 2. The molecule has 0 aliphatic heterocycles. The van der Waals surface area contributed by atoms with Crippen molar-refractivity contribution < 1.29 is 4.39 Å². The maximum absolute atomic E-state index is 13.6. The first-order valence-electron chi connectivity index (χ1n) is 6.77. The quantitative estimate of drug-likeness (QED) is 0.931. The largest absolute Gasteiger partial charge is 0.369 e. The molecule has 1 aromatic heterocycles. The first kappa shape index (κ1) is 11.7. The molecule has 0 saturated heterocycles. The molecule has 0 spiro atoms. The second-order valence-electron chi connectivity index (χ2n) is 5.76. The molecule has 5 heteroatoms. The van der Waals surface area contributed by atoms with Gasteiger partial charge in [-0.05, 0) is 59.5 Å². The molecule has 0 unspecified atom stereocenters. The van der Waals surface area contributed by atoms with Crippen molar-refractivity contribution in [2.45, 2.75) is 31.7 Å². The molecule has 1 heterocycles. The lowest BCUT2D eigenvalue weighted by Gasteiger charge is -2.20. The lowest BCUT2D eigenvalue weighted by atomic mass is 10.1. The monoisotopic (exact) mass is 323 g/mol. The van der Waals surface area contributed by atoms with Gasteiger partial charge in [-0.15, -0.1) is 0 Å². The molecule has 4 rings (SSSR count). The Bertz CT molecular complexity index is 646. The van der Waals surface area contributed by atoms with Gasteiger partial charge in [0.25, 0.3) is 0 Å². The molecule has 0 amide bonds. The Balaban J connectivity index is 1.92. The van der Waals surface area contributed by atoms with Gasteiger partial charge in [-0.25, -0.2) is 9.37 Å². The topological polar surface area (TPSA) is 43.8 Å². The van der Waals surface area contributed by atoms with Gasteiger partial charge in [0.05, 0.1) is 15.5 Å². The maximum atomic E-state index is 13.6. The third kappa shape index (κ3) is 1.86. The molecule has 1 aromatic carbocycles. The van der Waals surface area contributed by atoms with Crippen molar-refractivity contribution in [3.8, 4) is 0 Å². The maximum Gasteiger partial charge on any atom is 0.201 e. The zero-order valence-corrected chi connectivity index (χ0v) is 12.0. The lowest BCUT2D eigenvalue weighted by molar-refractivity contribution is 0.409. The van der Waals surface area contributed by atoms with Crippen LogP contribution in [0.15, 0.2) is 16.6 Å². The summed E-state index contributed by atoms with van der Waals surface area (Å²) in [4.78, 5) is 4.34. The number of benzene rings is 1. The van der Waals surface area contributed by atoms with Crippen molar-refractivity contribution in [2.24, 2.45) is 11.8 Å². The summed E-state index contributed by atoms with van der Waals surface area (Å²) in [6, 6.07) is 3.73. The van der Waals surface area contributed by atoms with E-state index >= 15 is 0 Å². The molecule has 2 aliphatic carbocycles. The molecule has 3 nitrogen and oxygen atoms in total. The third-order valence-corrected chi connectivity index (χ3v) is 4.87. The van der Waals surface area contributed by atoms with Gasteiger partial charge in [0.15, 0.2) is 0 Å². The van der Waals surface area contributed by atoms with Crippen LogP contribution in [0.1, 0.15) is 31.7 Å². The van der Waals surface area contributed by atoms with Crippen LogP contribution >= 0.6 is 15.9 Å². The summed E-state index contributed by atoms with van der Waals surface area (Å²) in [5.74, 6) is 1.70. The summed E-state index contributed by atoms with van der Waals surface area (Å²) < 4.78 is 16.2. The Labute approximate surface area is 119 Å². The van der Waals surface area contributed by atoms with Crippen molar-refractivity contribution in [1.82, 2.24) is 9.55 Å². The number of hydrogen-bond donors (Lipinski definition) is 1. The smallest absolute Gasteiger partial charge is 0.201 e. The van der Waals surface area contributed by atoms with E-state index in [1.165, 1.54) is 31.7 Å². The summed E-state index contributed by atoms with van der Waals surface area (Å²) in [6.45, 7) is 0. The minimum Gasteiger partial charge on any atom is -0.369 e. The average molecular weight is 324 g/mol. The van der Waals surface area contributed by atoms with Gasteiger partial charge < -0.3 is 10.3 Å². The van der Waals surface area contributed by atoms with Crippen molar-refractivity contribution in [2.75, 3.05) is 5.73 Å². The predicted molar refractivity (Wildman–Crippen MR) is 76.3 cm³/mol. The number of aromatic nitrogens is 2. The van der Waals surface area contributed by atoms with E-state index in [0.29, 0.717) is 22.0 Å². The highest BCUT2D eigenvalue weighted by Crippen LogP contribution is 2.53. The van der Waals surface area contributed by atoms with Gasteiger partial charge >= 0.3 is 0 Å². The van der Waals surface area contributed by atoms with E-state index in [2.05, 4.69) is 25.5 Å². The fourth-order valence-electron chi connectivity index (χ4n) is 3.10. The molecule has 2 saturated carbocycles. The number of nitrogens with two attached hydrogens (primary N) is 1. The number of rotatable bonds is 3. The van der Waals surface area contributed by atoms with E-state index in [-0.39, 0.29) is 5.82 Å². The molecule has 100 valence electrons. The van der Waals surface area contributed by atoms with Crippen molar-refractivity contribution >= 4 is 32.9 Å². The fraction of sp³-hybridized carbons (Fsp3) is 0.500. The molecule has 0 radical (unpaired) electrons. The number of imidazole rings is 1. The second kappa shape index (κ2) is 3.95. The normalized spacial score (nSPS) is 19.5. The van der Waals surface area contributed by atoms with Crippen molar-refractivity contribution in [3.05, 3.63) is 22.4 Å². The van der Waals surface area contributed by atoms with Gasteiger partial charge in [0.1, 0.15) is 5.82 Å². The Kier molecular flexibility index (Phi) is 2.43. The van der Waals surface area contributed by atoms with Crippen LogP contribution < -0.4 is 5.73 Å². The van der Waals surface area contributed by atoms with Gasteiger partial charge in [0.2, 0.25) is 5.95 Å². The Morgan fingerprint density at radius 2 is 1.89 bits per heavy atom. The van der Waals surface area contributed by atoms with Gasteiger partial charge in [-0.3, -0.25) is 0 Å². The van der Waals surface area contributed by atoms with Crippen molar-refractivity contribution in [3.63, 3.8) is 0 Å². The van der Waals surface area contributed by atoms with Crippen LogP contribution in [0.5, 0.6) is 0 Å². The highest BCUT2D eigenvalue weighted by atomic mass is 79.9. The third-order valence-electron chi connectivity index (χ3n) is 4.27. The molecule has 0 bridgehead atoms. The summed E-state index contributed by atoms with van der Waals surface area (Å²) in [6.07, 6.45) is 5.12. The average Bonchev–Trinajstić information content (AvgIpc) is 3.24. The van der Waals surface area contributed by atoms with Crippen LogP contribution in [-0.4, -0.2) is 9.55 Å². The molecule has 0 atom stereocenters. The highest BCUT2D eigenvalue weighted by Gasteiger charge is 2.43. The van der Waals surface area contributed by atoms with E-state index < -0.39 is 0 Å². The van der Waals surface area contributed by atoms with Gasteiger partial charge in [-0.2, -0.15) is 0 Å². The Hall–Kier alpha value is -1.10. The second-order valence-corrected chi connectivity index (χ2v) is 6.61. The molecule has 2 N–H and O–H groups in total. The molecule has 2 fully saturated rings. The SMILES string of the molecule is Nc1nc2cc(F)c(Br)cc2n1C(C1CC1)C1CC1. The van der Waals surface area contributed by atoms with Crippen LogP contribution in [0.25, 0.3) is 11.0 Å². The van der Waals surface area contributed by atoms with Crippen molar-refractivity contribution in [1.29, 1.82) is 0 Å². The summed E-state index contributed by atoms with van der Waals surface area (Å²) >= 11 is 3.26. The first-order valence-corrected chi connectivity index (χ1v) is 7.57. The van der Waals surface area contributed by atoms with Gasteiger partial charge in [0, 0.05) is 12.1 Å². The summed E-state index contributed by atoms with van der Waals surface area (Å²) in [5.41, 5.74) is 7.71. The highest BCUT2D eigenvalue weighted by molar-refractivity contribution is 9.10. The Morgan fingerprint density at radius 3 is 2.47 bits per heavy atom. The fourth-order valence-corrected chi connectivity index (χ4v) is 3.44. The molecule has 2 aromatic rings. The van der Waals surface area contributed by atoms with Crippen LogP contribution in [0.3, 0.4) is 0 Å². The van der Waals surface area contributed by atoms with Crippen LogP contribution in [0, 0.1) is 17.7 Å². The van der Waals surface area contributed by atoms with E-state index in [1.54, 1.807) is 0 Å². The van der Waals surface area contributed by atoms with Crippen LogP contribution in [0.4, 0.5) is 10.3 Å². The van der Waals surface area contributed by atoms with E-state index in [1.807, 2.05) is 6.07 Å². The number of hydrogen-bond acceptors (Lipinski definition) is 2. The first-order chi connectivity index (χ1) is 9.15. The zero-order valence-electron chi connectivity index (χ0n) is 10.4. The van der Waals surface area contributed by atoms with Gasteiger partial charge in [-0.1, -0.05) is 0 Å². The minimum atomic E-state index is -0.286. The molecular formula is C14H15BrFN3.